The fourth-order valence-electron chi connectivity index (χ4n) is 5.58. The van der Waals surface area contributed by atoms with Crippen molar-refractivity contribution in [3.05, 3.63) is 24.7 Å². The van der Waals surface area contributed by atoms with Gasteiger partial charge in [0.1, 0.15) is 5.82 Å². The predicted molar refractivity (Wildman–Crippen MR) is 136 cm³/mol. The molecule has 0 aromatic carbocycles. The minimum atomic E-state index is 0.494. The Bertz CT molecular complexity index is 1110. The van der Waals surface area contributed by atoms with Crippen molar-refractivity contribution < 1.29 is 0 Å². The molecule has 0 amide bonds. The summed E-state index contributed by atoms with van der Waals surface area (Å²) in [5, 5.41) is 3.52. The monoisotopic (exact) mass is 461 g/mol. The van der Waals surface area contributed by atoms with Gasteiger partial charge in [-0.15, -0.1) is 0 Å². The second kappa shape index (κ2) is 9.37. The van der Waals surface area contributed by atoms with E-state index in [2.05, 4.69) is 43.6 Å². The molecule has 34 heavy (non-hydrogen) atoms. The number of anilines is 4. The van der Waals surface area contributed by atoms with Crippen LogP contribution < -0.4 is 15.1 Å². The molecule has 2 aliphatic heterocycles. The van der Waals surface area contributed by atoms with Crippen molar-refractivity contribution in [2.45, 2.75) is 51.5 Å². The van der Waals surface area contributed by atoms with Crippen LogP contribution >= 0.6 is 0 Å². The standard InChI is InChI=1S/C25H35N9/c1-2-31-13-15-32(16-14-31)21-10-9-19(17-26-21)28-23-22-24(30-25(29-23)33-11-5-6-12-33)34(18-27-22)20-7-3-4-8-20/h9-10,17-18,20H,2-8,11-16H2,1H3,(H,28,29,30). The van der Waals surface area contributed by atoms with Gasteiger partial charge in [-0.3, -0.25) is 0 Å². The molecule has 6 rings (SSSR count). The molecule has 1 N–H and O–H groups in total. The molecule has 0 bridgehead atoms. The quantitative estimate of drug-likeness (QED) is 0.594. The lowest BCUT2D eigenvalue weighted by Gasteiger charge is -2.34. The maximum atomic E-state index is 5.00. The number of nitrogens with zero attached hydrogens (tertiary/aromatic N) is 8. The van der Waals surface area contributed by atoms with Crippen molar-refractivity contribution in [2.24, 2.45) is 0 Å². The number of imidazole rings is 1. The zero-order valence-corrected chi connectivity index (χ0v) is 20.2. The summed E-state index contributed by atoms with van der Waals surface area (Å²) in [6.07, 6.45) is 11.2. The van der Waals surface area contributed by atoms with Crippen LogP contribution in [-0.4, -0.2) is 75.2 Å². The number of likely N-dealkylation sites (N-methyl/N-ethyl adjacent to an activating group) is 1. The maximum Gasteiger partial charge on any atom is 0.229 e. The summed E-state index contributed by atoms with van der Waals surface area (Å²) < 4.78 is 2.28. The number of piperazine rings is 1. The van der Waals surface area contributed by atoms with Gasteiger partial charge in [-0.1, -0.05) is 19.8 Å². The zero-order chi connectivity index (χ0) is 22.9. The topological polar surface area (TPSA) is 78.2 Å². The fourth-order valence-corrected chi connectivity index (χ4v) is 5.58. The number of pyridine rings is 1. The van der Waals surface area contributed by atoms with Crippen LogP contribution in [0.3, 0.4) is 0 Å². The summed E-state index contributed by atoms with van der Waals surface area (Å²) in [6, 6.07) is 4.71. The SMILES string of the molecule is CCN1CCN(c2ccc(Nc3nc(N4CCCC4)nc4c3ncn4C3CCCC3)cn2)CC1. The van der Waals surface area contributed by atoms with Crippen LogP contribution in [0.4, 0.5) is 23.3 Å². The van der Waals surface area contributed by atoms with E-state index in [0.29, 0.717) is 6.04 Å². The van der Waals surface area contributed by atoms with Gasteiger partial charge in [0.15, 0.2) is 17.0 Å². The number of hydrogen-bond donors (Lipinski definition) is 1. The third kappa shape index (κ3) is 4.17. The number of nitrogens with one attached hydrogen (secondary N) is 1. The molecule has 3 aliphatic rings. The van der Waals surface area contributed by atoms with E-state index in [1.54, 1.807) is 0 Å². The third-order valence-electron chi connectivity index (χ3n) is 7.67. The van der Waals surface area contributed by atoms with E-state index < -0.39 is 0 Å². The molecule has 0 spiro atoms. The van der Waals surface area contributed by atoms with Gasteiger partial charge in [-0.2, -0.15) is 9.97 Å². The first kappa shape index (κ1) is 21.6. The Morgan fingerprint density at radius 2 is 1.68 bits per heavy atom. The second-order valence-electron chi connectivity index (χ2n) is 9.78. The van der Waals surface area contributed by atoms with Crippen molar-refractivity contribution >= 4 is 34.4 Å². The van der Waals surface area contributed by atoms with Crippen molar-refractivity contribution in [2.75, 3.05) is 60.9 Å². The van der Waals surface area contributed by atoms with Gasteiger partial charge in [-0.05, 0) is 44.4 Å². The number of hydrogen-bond acceptors (Lipinski definition) is 8. The maximum absolute atomic E-state index is 5.00. The first-order valence-electron chi connectivity index (χ1n) is 13.0. The molecule has 0 unspecified atom stereocenters. The van der Waals surface area contributed by atoms with Gasteiger partial charge in [-0.25, -0.2) is 9.97 Å². The molecule has 3 aromatic rings. The summed E-state index contributed by atoms with van der Waals surface area (Å²) in [5.74, 6) is 2.62. The molecule has 9 nitrogen and oxygen atoms in total. The Morgan fingerprint density at radius 1 is 0.882 bits per heavy atom. The van der Waals surface area contributed by atoms with Gasteiger partial charge in [0.05, 0.1) is 18.2 Å². The van der Waals surface area contributed by atoms with Crippen molar-refractivity contribution in [3.63, 3.8) is 0 Å². The Balaban J connectivity index is 1.27. The van der Waals surface area contributed by atoms with Crippen molar-refractivity contribution in [3.8, 4) is 0 Å². The lowest BCUT2D eigenvalue weighted by Crippen LogP contribution is -2.46. The Kier molecular flexibility index (Phi) is 5.95. The highest BCUT2D eigenvalue weighted by Crippen LogP contribution is 2.34. The highest BCUT2D eigenvalue weighted by atomic mass is 15.3. The van der Waals surface area contributed by atoms with Gasteiger partial charge < -0.3 is 24.6 Å². The lowest BCUT2D eigenvalue weighted by molar-refractivity contribution is 0.270. The Labute approximate surface area is 201 Å². The van der Waals surface area contributed by atoms with Gasteiger partial charge in [0, 0.05) is 45.3 Å². The van der Waals surface area contributed by atoms with E-state index in [1.807, 2.05) is 12.5 Å². The summed E-state index contributed by atoms with van der Waals surface area (Å²) in [4.78, 5) is 26.6. The predicted octanol–water partition coefficient (Wildman–Crippen LogP) is 3.82. The number of rotatable bonds is 6. The molecule has 180 valence electrons. The molecule has 1 saturated carbocycles. The largest absolute Gasteiger partial charge is 0.354 e. The average molecular weight is 462 g/mol. The molecule has 0 atom stereocenters. The first-order chi connectivity index (χ1) is 16.8. The minimum Gasteiger partial charge on any atom is -0.354 e. The van der Waals surface area contributed by atoms with E-state index in [9.17, 15) is 0 Å². The van der Waals surface area contributed by atoms with Crippen LogP contribution in [-0.2, 0) is 0 Å². The Hall–Kier alpha value is -2.94. The molecule has 2 saturated heterocycles. The summed E-state index contributed by atoms with van der Waals surface area (Å²) >= 11 is 0. The van der Waals surface area contributed by atoms with E-state index in [4.69, 9.17) is 19.9 Å². The van der Waals surface area contributed by atoms with Crippen LogP contribution in [0.15, 0.2) is 24.7 Å². The van der Waals surface area contributed by atoms with Crippen LogP contribution in [0.1, 0.15) is 51.5 Å². The third-order valence-corrected chi connectivity index (χ3v) is 7.67. The second-order valence-corrected chi connectivity index (χ2v) is 9.78. The lowest BCUT2D eigenvalue weighted by atomic mass is 10.2. The summed E-state index contributed by atoms with van der Waals surface area (Å²) in [7, 11) is 0. The van der Waals surface area contributed by atoms with Gasteiger partial charge in [0.25, 0.3) is 0 Å². The molecular weight excluding hydrogens is 426 g/mol. The molecule has 0 radical (unpaired) electrons. The molecule has 9 heteroatoms. The van der Waals surface area contributed by atoms with Crippen LogP contribution in [0.5, 0.6) is 0 Å². The minimum absolute atomic E-state index is 0.494. The van der Waals surface area contributed by atoms with E-state index in [0.717, 1.165) is 80.2 Å². The smallest absolute Gasteiger partial charge is 0.229 e. The van der Waals surface area contributed by atoms with Gasteiger partial charge >= 0.3 is 0 Å². The van der Waals surface area contributed by atoms with Crippen LogP contribution in [0.25, 0.3) is 11.2 Å². The number of fused-ring (bicyclic) bond motifs is 1. The highest BCUT2D eigenvalue weighted by Gasteiger charge is 2.24. The molecular formula is C25H35N9. The van der Waals surface area contributed by atoms with Crippen molar-refractivity contribution in [1.82, 2.24) is 29.4 Å². The Morgan fingerprint density at radius 3 is 2.38 bits per heavy atom. The summed E-state index contributed by atoms with van der Waals surface area (Å²) in [5.41, 5.74) is 2.72. The molecule has 3 aromatic heterocycles. The van der Waals surface area contributed by atoms with Crippen LogP contribution in [0.2, 0.25) is 0 Å². The summed E-state index contributed by atoms with van der Waals surface area (Å²) in [6.45, 7) is 9.63. The average Bonchev–Trinajstić information content (AvgIpc) is 3.66. The first-order valence-corrected chi connectivity index (χ1v) is 13.0. The molecule has 5 heterocycles. The number of aromatic nitrogens is 5. The normalized spacial score (nSPS) is 20.0. The molecule has 3 fully saturated rings. The molecule has 1 aliphatic carbocycles. The fraction of sp³-hybridized carbons (Fsp3) is 0.600. The zero-order valence-electron chi connectivity index (χ0n) is 20.2. The van der Waals surface area contributed by atoms with Gasteiger partial charge in [0.2, 0.25) is 5.95 Å². The highest BCUT2D eigenvalue weighted by molar-refractivity contribution is 5.86. The van der Waals surface area contributed by atoms with Crippen molar-refractivity contribution in [1.29, 1.82) is 0 Å². The van der Waals surface area contributed by atoms with E-state index >= 15 is 0 Å². The van der Waals surface area contributed by atoms with E-state index in [-0.39, 0.29) is 0 Å². The van der Waals surface area contributed by atoms with Crippen LogP contribution in [0, 0.1) is 0 Å². The van der Waals surface area contributed by atoms with E-state index in [1.165, 1.54) is 38.5 Å².